The first-order valence-corrected chi connectivity index (χ1v) is 7.60. The second-order valence-electron chi connectivity index (χ2n) is 6.20. The van der Waals surface area contributed by atoms with Gasteiger partial charge in [-0.1, -0.05) is 27.7 Å². The van der Waals surface area contributed by atoms with Crippen LogP contribution in [0.5, 0.6) is 0 Å². The van der Waals surface area contributed by atoms with Crippen molar-refractivity contribution in [2.75, 3.05) is 0 Å². The van der Waals surface area contributed by atoms with Crippen molar-refractivity contribution in [3.63, 3.8) is 0 Å². The molecule has 3 N–H and O–H groups in total. The monoisotopic (exact) mass is 324 g/mol. The Balaban J connectivity index is 2.77. The van der Waals surface area contributed by atoms with Crippen molar-refractivity contribution in [3.05, 3.63) is 24.2 Å². The van der Waals surface area contributed by atoms with Gasteiger partial charge in [0.2, 0.25) is 5.91 Å². The lowest BCUT2D eigenvalue weighted by Gasteiger charge is -2.24. The third-order valence-electron chi connectivity index (χ3n) is 3.30. The Hall–Kier alpha value is -2.31. The molecule has 0 bridgehead atoms. The number of carboxylic acids is 1. The molecular weight excluding hydrogens is 300 g/mol. The molecular formula is C16H24N2O5. The maximum Gasteiger partial charge on any atom is 0.326 e. The van der Waals surface area contributed by atoms with E-state index in [1.165, 1.54) is 12.3 Å². The highest BCUT2D eigenvalue weighted by atomic mass is 16.4. The second kappa shape index (κ2) is 8.36. The topological polar surface area (TPSA) is 109 Å². The molecule has 1 heterocycles. The molecule has 1 aromatic heterocycles. The number of carboxylic acid groups (broad SMARTS) is 1. The van der Waals surface area contributed by atoms with E-state index in [0.717, 1.165) is 0 Å². The van der Waals surface area contributed by atoms with Crippen molar-refractivity contribution >= 4 is 17.8 Å². The molecule has 0 spiro atoms. The highest BCUT2D eigenvalue weighted by Gasteiger charge is 2.29. The number of furan rings is 1. The number of amides is 2. The van der Waals surface area contributed by atoms with Crippen molar-refractivity contribution in [2.45, 2.75) is 46.2 Å². The van der Waals surface area contributed by atoms with E-state index in [0.29, 0.717) is 6.42 Å². The van der Waals surface area contributed by atoms with E-state index < -0.39 is 29.9 Å². The van der Waals surface area contributed by atoms with E-state index in [1.54, 1.807) is 19.9 Å². The summed E-state index contributed by atoms with van der Waals surface area (Å²) in [7, 11) is 0. The molecule has 1 rings (SSSR count). The van der Waals surface area contributed by atoms with Gasteiger partial charge in [-0.15, -0.1) is 0 Å². The van der Waals surface area contributed by atoms with E-state index in [1.807, 2.05) is 13.8 Å². The molecule has 2 amide bonds. The first-order valence-electron chi connectivity index (χ1n) is 7.60. The number of aliphatic carboxylic acids is 1. The summed E-state index contributed by atoms with van der Waals surface area (Å²) in [5, 5.41) is 14.3. The van der Waals surface area contributed by atoms with E-state index in [9.17, 15) is 19.5 Å². The van der Waals surface area contributed by atoms with Gasteiger partial charge in [0.25, 0.3) is 5.91 Å². The Morgan fingerprint density at radius 3 is 2.26 bits per heavy atom. The molecule has 0 aliphatic rings. The number of hydrogen-bond donors (Lipinski definition) is 3. The van der Waals surface area contributed by atoms with Crippen molar-refractivity contribution in [3.8, 4) is 0 Å². The van der Waals surface area contributed by atoms with Gasteiger partial charge in [0, 0.05) is 0 Å². The lowest BCUT2D eigenvalue weighted by atomic mass is 10.0. The zero-order valence-electron chi connectivity index (χ0n) is 13.8. The smallest absolute Gasteiger partial charge is 0.326 e. The van der Waals surface area contributed by atoms with Crippen LogP contribution in [-0.2, 0) is 9.59 Å². The Morgan fingerprint density at radius 1 is 1.17 bits per heavy atom. The van der Waals surface area contributed by atoms with E-state index in [2.05, 4.69) is 10.6 Å². The van der Waals surface area contributed by atoms with Gasteiger partial charge in [-0.25, -0.2) is 4.79 Å². The second-order valence-corrected chi connectivity index (χ2v) is 6.20. The third-order valence-corrected chi connectivity index (χ3v) is 3.30. The molecule has 0 saturated heterocycles. The van der Waals surface area contributed by atoms with Gasteiger partial charge in [0.05, 0.1) is 6.26 Å². The molecule has 1 unspecified atom stereocenters. The zero-order valence-corrected chi connectivity index (χ0v) is 13.8. The Bertz CT molecular complexity index is 537. The minimum absolute atomic E-state index is 0.0976. The Labute approximate surface area is 135 Å². The van der Waals surface area contributed by atoms with Crippen LogP contribution in [0.3, 0.4) is 0 Å². The molecule has 0 fully saturated rings. The molecule has 2 atom stereocenters. The molecule has 0 radical (unpaired) electrons. The molecule has 0 aliphatic heterocycles. The fraction of sp³-hybridized carbons (Fsp3) is 0.562. The van der Waals surface area contributed by atoms with E-state index in [4.69, 9.17) is 4.42 Å². The fourth-order valence-corrected chi connectivity index (χ4v) is 2.11. The normalized spacial score (nSPS) is 13.7. The molecule has 1 aromatic rings. The van der Waals surface area contributed by atoms with Crippen LogP contribution >= 0.6 is 0 Å². The highest BCUT2D eigenvalue weighted by molar-refractivity contribution is 5.96. The predicted octanol–water partition coefficient (Wildman–Crippen LogP) is 1.65. The number of nitrogens with one attached hydrogen (secondary N) is 2. The largest absolute Gasteiger partial charge is 0.480 e. The minimum Gasteiger partial charge on any atom is -0.480 e. The van der Waals surface area contributed by atoms with Gasteiger partial charge >= 0.3 is 5.97 Å². The summed E-state index contributed by atoms with van der Waals surface area (Å²) in [5.74, 6) is -2.12. The van der Waals surface area contributed by atoms with E-state index in [-0.39, 0.29) is 17.6 Å². The molecule has 0 aromatic carbocycles. The van der Waals surface area contributed by atoms with Gasteiger partial charge in [-0.3, -0.25) is 9.59 Å². The predicted molar refractivity (Wildman–Crippen MR) is 83.8 cm³/mol. The maximum absolute atomic E-state index is 12.4. The van der Waals surface area contributed by atoms with Crippen LogP contribution < -0.4 is 10.6 Å². The van der Waals surface area contributed by atoms with Crippen molar-refractivity contribution < 1.29 is 23.9 Å². The van der Waals surface area contributed by atoms with Gasteiger partial charge < -0.3 is 20.2 Å². The van der Waals surface area contributed by atoms with Crippen LogP contribution in [0.4, 0.5) is 0 Å². The van der Waals surface area contributed by atoms with Crippen LogP contribution in [0, 0.1) is 11.8 Å². The zero-order chi connectivity index (χ0) is 17.6. The summed E-state index contributed by atoms with van der Waals surface area (Å²) in [6, 6.07) is 1.23. The van der Waals surface area contributed by atoms with Gasteiger partial charge in [-0.2, -0.15) is 0 Å². The quantitative estimate of drug-likeness (QED) is 0.674. The summed E-state index contributed by atoms with van der Waals surface area (Å²) in [5.41, 5.74) is 0. The van der Waals surface area contributed by atoms with Crippen LogP contribution in [0.25, 0.3) is 0 Å². The number of rotatable bonds is 8. The molecule has 23 heavy (non-hydrogen) atoms. The summed E-state index contributed by atoms with van der Waals surface area (Å²) in [6.45, 7) is 7.29. The fourth-order valence-electron chi connectivity index (χ4n) is 2.11. The Morgan fingerprint density at radius 2 is 1.83 bits per heavy atom. The van der Waals surface area contributed by atoms with Gasteiger partial charge in [0.1, 0.15) is 12.1 Å². The molecule has 7 nitrogen and oxygen atoms in total. The third kappa shape index (κ3) is 5.77. The van der Waals surface area contributed by atoms with Crippen LogP contribution in [-0.4, -0.2) is 35.0 Å². The standard InChI is InChI=1S/C16H24N2O5/c1-9(2)8-11(16(21)22)17-15(20)13(10(3)4)18-14(19)12-6-5-7-23-12/h5-7,9-11,13H,8H2,1-4H3,(H,17,20)(H,18,19)(H,21,22)/t11?,13-/m0/s1. The van der Waals surface area contributed by atoms with Crippen LogP contribution in [0.15, 0.2) is 22.8 Å². The minimum atomic E-state index is -1.09. The molecule has 7 heteroatoms. The van der Waals surface area contributed by atoms with Crippen molar-refractivity contribution in [1.29, 1.82) is 0 Å². The molecule has 0 aliphatic carbocycles. The van der Waals surface area contributed by atoms with E-state index >= 15 is 0 Å². The maximum atomic E-state index is 12.4. The van der Waals surface area contributed by atoms with Crippen molar-refractivity contribution in [2.24, 2.45) is 11.8 Å². The average Bonchev–Trinajstić information content (AvgIpc) is 2.96. The number of carbonyl (C=O) groups is 3. The lowest BCUT2D eigenvalue weighted by Crippen LogP contribution is -2.53. The summed E-state index contributed by atoms with van der Waals surface area (Å²) in [4.78, 5) is 35.6. The highest BCUT2D eigenvalue weighted by Crippen LogP contribution is 2.09. The summed E-state index contributed by atoms with van der Waals surface area (Å²) < 4.78 is 4.99. The summed E-state index contributed by atoms with van der Waals surface area (Å²) >= 11 is 0. The number of hydrogen-bond acceptors (Lipinski definition) is 4. The SMILES string of the molecule is CC(C)CC(NC(=O)[C@@H](NC(=O)c1ccco1)C(C)C)C(=O)O. The number of carbonyl (C=O) groups excluding carboxylic acids is 2. The molecule has 128 valence electrons. The van der Waals surface area contributed by atoms with Gasteiger partial charge in [0.15, 0.2) is 5.76 Å². The lowest BCUT2D eigenvalue weighted by molar-refractivity contribution is -0.142. The first-order chi connectivity index (χ1) is 10.7. The first kappa shape index (κ1) is 18.7. The van der Waals surface area contributed by atoms with Crippen LogP contribution in [0.1, 0.15) is 44.7 Å². The summed E-state index contributed by atoms with van der Waals surface area (Å²) in [6.07, 6.45) is 1.68. The molecule has 0 saturated carbocycles. The van der Waals surface area contributed by atoms with Gasteiger partial charge in [-0.05, 0) is 30.4 Å². The van der Waals surface area contributed by atoms with Crippen LogP contribution in [0.2, 0.25) is 0 Å². The van der Waals surface area contributed by atoms with Crippen molar-refractivity contribution in [1.82, 2.24) is 10.6 Å². The average molecular weight is 324 g/mol. The Kier molecular flexibility index (Phi) is 6.81.